The summed E-state index contributed by atoms with van der Waals surface area (Å²) in [6.07, 6.45) is 3.22. The molecule has 1 aromatic rings. The van der Waals surface area contributed by atoms with Crippen LogP contribution in [0, 0.1) is 0 Å². The van der Waals surface area contributed by atoms with Crippen LogP contribution in [0.2, 0.25) is 0 Å². The van der Waals surface area contributed by atoms with Crippen LogP contribution in [-0.2, 0) is 16.2 Å². The lowest BCUT2D eigenvalue weighted by Crippen LogP contribution is -2.30. The van der Waals surface area contributed by atoms with Crippen molar-refractivity contribution in [1.82, 2.24) is 19.9 Å². The zero-order valence-electron chi connectivity index (χ0n) is 11.6. The van der Waals surface area contributed by atoms with Crippen molar-refractivity contribution in [2.45, 2.75) is 19.5 Å². The summed E-state index contributed by atoms with van der Waals surface area (Å²) in [6.45, 7) is 6.16. The molecule has 2 aliphatic rings. The Morgan fingerprint density at radius 1 is 1.67 bits per heavy atom. The van der Waals surface area contributed by atoms with Gasteiger partial charge in [0.15, 0.2) is 0 Å². The fourth-order valence-corrected chi connectivity index (χ4v) is 2.50. The summed E-state index contributed by atoms with van der Waals surface area (Å²) in [4.78, 5) is 38.7. The molecule has 8 heteroatoms. The summed E-state index contributed by atoms with van der Waals surface area (Å²) in [5.74, 6) is 0.0100. The summed E-state index contributed by atoms with van der Waals surface area (Å²) in [5.41, 5.74) is 1.57. The van der Waals surface area contributed by atoms with Crippen molar-refractivity contribution >= 4 is 17.9 Å². The van der Waals surface area contributed by atoms with E-state index in [4.69, 9.17) is 4.84 Å². The molecule has 1 fully saturated rings. The van der Waals surface area contributed by atoms with Gasteiger partial charge < -0.3 is 4.90 Å². The first kappa shape index (κ1) is 13.5. The molecule has 3 amide bonds. The first-order valence-corrected chi connectivity index (χ1v) is 6.55. The third kappa shape index (κ3) is 2.33. The lowest BCUT2D eigenvalue weighted by Gasteiger charge is -2.24. The molecule has 3 heterocycles. The Hall–Kier alpha value is -2.48. The molecule has 21 heavy (non-hydrogen) atoms. The van der Waals surface area contributed by atoms with E-state index in [0.717, 1.165) is 11.3 Å². The zero-order chi connectivity index (χ0) is 15.0. The van der Waals surface area contributed by atoms with Gasteiger partial charge in [0, 0.05) is 18.7 Å². The van der Waals surface area contributed by atoms with Crippen molar-refractivity contribution in [3.8, 4) is 0 Å². The highest BCUT2D eigenvalue weighted by molar-refractivity contribution is 5.86. The van der Waals surface area contributed by atoms with Gasteiger partial charge in [0.1, 0.15) is 6.04 Å². The van der Waals surface area contributed by atoms with E-state index in [-0.39, 0.29) is 30.5 Å². The van der Waals surface area contributed by atoms with Crippen molar-refractivity contribution in [3.63, 3.8) is 0 Å². The molecular weight excluding hydrogens is 274 g/mol. The number of anilines is 1. The highest BCUT2D eigenvalue weighted by atomic mass is 16.7. The minimum atomic E-state index is -0.235. The molecule has 0 aromatic carbocycles. The van der Waals surface area contributed by atoms with Crippen molar-refractivity contribution in [2.24, 2.45) is 0 Å². The maximum atomic E-state index is 12.2. The predicted molar refractivity (Wildman–Crippen MR) is 72.9 cm³/mol. The Bertz CT molecular complexity index is 618. The highest BCUT2D eigenvalue weighted by Gasteiger charge is 2.44. The first-order chi connectivity index (χ1) is 10.1. The molecule has 2 bridgehead atoms. The number of aromatic nitrogens is 2. The smallest absolute Gasteiger partial charge is 0.314 e. The van der Waals surface area contributed by atoms with Gasteiger partial charge in [0.05, 0.1) is 25.4 Å². The Balaban J connectivity index is 1.90. The molecule has 0 aliphatic carbocycles. The van der Waals surface area contributed by atoms with E-state index in [2.05, 4.69) is 21.9 Å². The number of hydrogen-bond donors (Lipinski definition) is 1. The van der Waals surface area contributed by atoms with Gasteiger partial charge in [0.25, 0.3) is 0 Å². The fraction of sp³-hybridized carbons (Fsp3) is 0.385. The Kier molecular flexibility index (Phi) is 3.30. The average molecular weight is 289 g/mol. The van der Waals surface area contributed by atoms with Crippen LogP contribution in [0.3, 0.4) is 0 Å². The van der Waals surface area contributed by atoms with Crippen LogP contribution in [0.4, 0.5) is 10.7 Å². The van der Waals surface area contributed by atoms with Crippen LogP contribution in [0.25, 0.3) is 0 Å². The third-order valence-electron chi connectivity index (χ3n) is 3.35. The second kappa shape index (κ2) is 5.13. The second-order valence-electron chi connectivity index (χ2n) is 4.87. The number of hydroxylamine groups is 2. The molecule has 2 aliphatic heterocycles. The molecule has 1 aromatic heterocycles. The highest BCUT2D eigenvalue weighted by Crippen LogP contribution is 2.36. The molecule has 0 radical (unpaired) electrons. The van der Waals surface area contributed by atoms with Crippen LogP contribution in [-0.4, -0.2) is 45.0 Å². The maximum absolute atomic E-state index is 12.2. The van der Waals surface area contributed by atoms with Crippen LogP contribution >= 0.6 is 0 Å². The minimum Gasteiger partial charge on any atom is -0.314 e. The third-order valence-corrected chi connectivity index (χ3v) is 3.35. The fourth-order valence-electron chi connectivity index (χ4n) is 2.50. The van der Waals surface area contributed by atoms with E-state index in [1.54, 1.807) is 17.2 Å². The normalized spacial score (nSPS) is 19.5. The van der Waals surface area contributed by atoms with Crippen LogP contribution in [0.15, 0.2) is 18.9 Å². The van der Waals surface area contributed by atoms with Crippen molar-refractivity contribution < 1.29 is 14.4 Å². The molecule has 1 unspecified atom stereocenters. The van der Waals surface area contributed by atoms with E-state index in [0.29, 0.717) is 13.1 Å². The number of hydrogen-bond acceptors (Lipinski definition) is 5. The number of nitrogens with one attached hydrogen (secondary N) is 1. The quantitative estimate of drug-likeness (QED) is 0.830. The summed E-state index contributed by atoms with van der Waals surface area (Å²) < 4.78 is 0. The SMILES string of the molecule is C=CCON1C(=O)N2Cc3nc(NC(C)=O)ncc3C1C2. The van der Waals surface area contributed by atoms with Crippen molar-refractivity contribution in [1.29, 1.82) is 0 Å². The zero-order valence-corrected chi connectivity index (χ0v) is 11.6. The molecular formula is C13H15N5O3. The predicted octanol–water partition coefficient (Wildman–Crippen LogP) is 0.845. The van der Waals surface area contributed by atoms with Crippen molar-refractivity contribution in [3.05, 3.63) is 30.1 Å². The molecule has 0 spiro atoms. The summed E-state index contributed by atoms with van der Waals surface area (Å²) in [7, 11) is 0. The number of fused-ring (bicyclic) bond motifs is 4. The maximum Gasteiger partial charge on any atom is 0.345 e. The van der Waals surface area contributed by atoms with E-state index in [1.807, 2.05) is 0 Å². The lowest BCUT2D eigenvalue weighted by atomic mass is 10.0. The molecule has 110 valence electrons. The number of amides is 3. The van der Waals surface area contributed by atoms with E-state index in [1.165, 1.54) is 12.0 Å². The van der Waals surface area contributed by atoms with Crippen molar-refractivity contribution in [2.75, 3.05) is 18.5 Å². The molecule has 3 rings (SSSR count). The van der Waals surface area contributed by atoms with Gasteiger partial charge in [-0.1, -0.05) is 6.08 Å². The monoisotopic (exact) mass is 289 g/mol. The van der Waals surface area contributed by atoms with Crippen LogP contribution in [0.1, 0.15) is 24.2 Å². The van der Waals surface area contributed by atoms with Gasteiger partial charge in [-0.25, -0.2) is 14.8 Å². The largest absolute Gasteiger partial charge is 0.345 e. The molecule has 0 saturated carbocycles. The average Bonchev–Trinajstić information content (AvgIpc) is 2.69. The molecule has 1 N–H and O–H groups in total. The topological polar surface area (TPSA) is 87.7 Å². The standard InChI is InChI=1S/C13H15N5O3/c1-3-4-21-18-11-7-17(13(18)20)6-10-9(11)5-14-12(16-10)15-8(2)19/h3,5,11H,1,4,6-7H2,2H3,(H,14,15,16,19). The van der Waals surface area contributed by atoms with E-state index in [9.17, 15) is 9.59 Å². The van der Waals surface area contributed by atoms with Gasteiger partial charge in [-0.3, -0.25) is 14.9 Å². The van der Waals surface area contributed by atoms with E-state index >= 15 is 0 Å². The van der Waals surface area contributed by atoms with Gasteiger partial charge in [-0.2, -0.15) is 5.06 Å². The second-order valence-corrected chi connectivity index (χ2v) is 4.87. The molecule has 1 saturated heterocycles. The first-order valence-electron chi connectivity index (χ1n) is 6.55. The van der Waals surface area contributed by atoms with Gasteiger partial charge >= 0.3 is 6.03 Å². The summed E-state index contributed by atoms with van der Waals surface area (Å²) in [6, 6.07) is -0.423. The Morgan fingerprint density at radius 3 is 3.19 bits per heavy atom. The molecule has 1 atom stereocenters. The van der Waals surface area contributed by atoms with Crippen LogP contribution in [0.5, 0.6) is 0 Å². The van der Waals surface area contributed by atoms with Crippen LogP contribution < -0.4 is 5.32 Å². The van der Waals surface area contributed by atoms with Gasteiger partial charge in [0.2, 0.25) is 11.9 Å². The van der Waals surface area contributed by atoms with Gasteiger partial charge in [-0.05, 0) is 0 Å². The Labute approximate surface area is 121 Å². The number of rotatable bonds is 4. The van der Waals surface area contributed by atoms with Gasteiger partial charge in [-0.15, -0.1) is 6.58 Å². The lowest BCUT2D eigenvalue weighted by molar-refractivity contribution is -0.119. The Morgan fingerprint density at radius 2 is 2.48 bits per heavy atom. The summed E-state index contributed by atoms with van der Waals surface area (Å²) in [5, 5.41) is 3.88. The molecule has 8 nitrogen and oxygen atoms in total. The minimum absolute atomic E-state index is 0.194. The number of nitrogens with zero attached hydrogens (tertiary/aromatic N) is 4. The summed E-state index contributed by atoms with van der Waals surface area (Å²) >= 11 is 0. The van der Waals surface area contributed by atoms with E-state index < -0.39 is 0 Å². The number of carbonyl (C=O) groups excluding carboxylic acids is 2. The number of urea groups is 1. The number of carbonyl (C=O) groups is 2.